The van der Waals surface area contributed by atoms with Gasteiger partial charge in [0.2, 0.25) is 0 Å². The first-order chi connectivity index (χ1) is 7.25. The summed E-state index contributed by atoms with van der Waals surface area (Å²) in [4.78, 5) is 16.2. The van der Waals surface area contributed by atoms with E-state index in [-0.39, 0.29) is 5.91 Å². The van der Waals surface area contributed by atoms with Crippen molar-refractivity contribution in [2.75, 3.05) is 5.32 Å². The maximum Gasteiger partial charge on any atom is 0.267 e. The second-order valence-electron chi connectivity index (χ2n) is 2.80. The van der Waals surface area contributed by atoms with E-state index in [2.05, 4.69) is 26.2 Å². The van der Waals surface area contributed by atoms with Crippen LogP contribution in [-0.2, 0) is 0 Å². The van der Waals surface area contributed by atoms with Gasteiger partial charge in [-0.05, 0) is 28.1 Å². The lowest BCUT2D eigenvalue weighted by atomic mass is 10.3. The Labute approximate surface area is 99.3 Å². The number of nitrogens with zero attached hydrogens (tertiary/aromatic N) is 1. The molecule has 1 amide bonds. The standard InChI is InChI=1S/C10H7BrN2OS/c11-10-12-6-8(15-10)9(14)13-7-4-2-1-3-5-7/h1-6H,(H,13,14). The second kappa shape index (κ2) is 4.55. The lowest BCUT2D eigenvalue weighted by Crippen LogP contribution is -2.09. The lowest BCUT2D eigenvalue weighted by Gasteiger charge is -2.01. The van der Waals surface area contributed by atoms with E-state index >= 15 is 0 Å². The summed E-state index contributed by atoms with van der Waals surface area (Å²) in [6, 6.07) is 9.33. The second-order valence-corrected chi connectivity index (χ2v) is 5.10. The zero-order valence-corrected chi connectivity index (χ0v) is 10.0. The van der Waals surface area contributed by atoms with Gasteiger partial charge in [-0.1, -0.05) is 18.2 Å². The van der Waals surface area contributed by atoms with Gasteiger partial charge >= 0.3 is 0 Å². The number of thiazole rings is 1. The average molecular weight is 283 g/mol. The van der Waals surface area contributed by atoms with Crippen LogP contribution in [0.15, 0.2) is 40.4 Å². The summed E-state index contributed by atoms with van der Waals surface area (Å²) in [7, 11) is 0. The Balaban J connectivity index is 2.11. The van der Waals surface area contributed by atoms with Crippen molar-refractivity contribution in [2.24, 2.45) is 0 Å². The number of hydrogen-bond donors (Lipinski definition) is 1. The van der Waals surface area contributed by atoms with E-state index in [0.717, 1.165) is 5.69 Å². The van der Waals surface area contributed by atoms with Crippen LogP contribution in [0.5, 0.6) is 0 Å². The van der Waals surface area contributed by atoms with Crippen LogP contribution in [-0.4, -0.2) is 10.9 Å². The minimum atomic E-state index is -0.135. The third-order valence-electron chi connectivity index (χ3n) is 1.73. The molecule has 0 bridgehead atoms. The van der Waals surface area contributed by atoms with Gasteiger partial charge < -0.3 is 5.32 Å². The molecule has 0 spiro atoms. The van der Waals surface area contributed by atoms with Crippen molar-refractivity contribution >= 4 is 38.9 Å². The summed E-state index contributed by atoms with van der Waals surface area (Å²) in [5.41, 5.74) is 0.784. The first-order valence-corrected chi connectivity index (χ1v) is 5.84. The number of amides is 1. The number of para-hydroxylation sites is 1. The third kappa shape index (κ3) is 2.64. The van der Waals surface area contributed by atoms with E-state index in [9.17, 15) is 4.79 Å². The Morgan fingerprint density at radius 2 is 2.07 bits per heavy atom. The summed E-state index contributed by atoms with van der Waals surface area (Å²) in [5.74, 6) is -0.135. The van der Waals surface area contributed by atoms with Crippen LogP contribution >= 0.6 is 27.3 Å². The zero-order valence-electron chi connectivity index (χ0n) is 7.61. The molecule has 1 N–H and O–H groups in total. The van der Waals surface area contributed by atoms with E-state index in [1.807, 2.05) is 30.3 Å². The van der Waals surface area contributed by atoms with Gasteiger partial charge in [-0.25, -0.2) is 4.98 Å². The van der Waals surface area contributed by atoms with Crippen LogP contribution in [0.25, 0.3) is 0 Å². The molecule has 15 heavy (non-hydrogen) atoms. The maximum atomic E-state index is 11.7. The van der Waals surface area contributed by atoms with Gasteiger partial charge in [0, 0.05) is 5.69 Å². The van der Waals surface area contributed by atoms with Crippen molar-refractivity contribution in [2.45, 2.75) is 0 Å². The topological polar surface area (TPSA) is 42.0 Å². The van der Waals surface area contributed by atoms with Crippen molar-refractivity contribution in [3.05, 3.63) is 45.3 Å². The van der Waals surface area contributed by atoms with Crippen LogP contribution in [0.3, 0.4) is 0 Å². The number of carbonyl (C=O) groups excluding carboxylic acids is 1. The van der Waals surface area contributed by atoms with Gasteiger partial charge in [-0.2, -0.15) is 0 Å². The Kier molecular flexibility index (Phi) is 3.13. The van der Waals surface area contributed by atoms with Gasteiger partial charge in [-0.15, -0.1) is 11.3 Å². The van der Waals surface area contributed by atoms with Gasteiger partial charge in [-0.3, -0.25) is 4.79 Å². The summed E-state index contributed by atoms with van der Waals surface area (Å²) in [6.45, 7) is 0. The minimum absolute atomic E-state index is 0.135. The zero-order chi connectivity index (χ0) is 10.7. The molecular formula is C10H7BrN2OS. The molecule has 0 unspecified atom stereocenters. The Bertz CT molecular complexity index is 469. The molecule has 76 valence electrons. The van der Waals surface area contributed by atoms with E-state index in [4.69, 9.17) is 0 Å². The Morgan fingerprint density at radius 1 is 1.33 bits per heavy atom. The highest BCUT2D eigenvalue weighted by Crippen LogP contribution is 2.19. The first kappa shape index (κ1) is 10.3. The largest absolute Gasteiger partial charge is 0.321 e. The number of halogens is 1. The predicted octanol–water partition coefficient (Wildman–Crippen LogP) is 3.16. The molecule has 0 saturated heterocycles. The average Bonchev–Trinajstić information content (AvgIpc) is 2.66. The van der Waals surface area contributed by atoms with E-state index in [1.54, 1.807) is 6.20 Å². The molecule has 0 fully saturated rings. The van der Waals surface area contributed by atoms with Gasteiger partial charge in [0.25, 0.3) is 5.91 Å². The molecule has 0 aliphatic carbocycles. The van der Waals surface area contributed by atoms with Crippen molar-refractivity contribution in [3.63, 3.8) is 0 Å². The number of aromatic nitrogens is 1. The van der Waals surface area contributed by atoms with Crippen molar-refractivity contribution in [1.82, 2.24) is 4.98 Å². The fourth-order valence-corrected chi connectivity index (χ4v) is 2.23. The number of anilines is 1. The fraction of sp³-hybridized carbons (Fsp3) is 0. The fourth-order valence-electron chi connectivity index (χ4n) is 1.07. The monoisotopic (exact) mass is 282 g/mol. The molecule has 0 radical (unpaired) electrons. The molecule has 0 saturated carbocycles. The molecule has 1 heterocycles. The van der Waals surface area contributed by atoms with Crippen molar-refractivity contribution in [3.8, 4) is 0 Å². The molecule has 2 aromatic rings. The number of benzene rings is 1. The molecule has 5 heteroatoms. The molecule has 2 rings (SSSR count). The summed E-state index contributed by atoms with van der Waals surface area (Å²) >= 11 is 4.52. The van der Waals surface area contributed by atoms with Gasteiger partial charge in [0.05, 0.1) is 6.20 Å². The number of nitrogens with one attached hydrogen (secondary N) is 1. The maximum absolute atomic E-state index is 11.7. The van der Waals surface area contributed by atoms with Crippen LogP contribution in [0, 0.1) is 0 Å². The van der Waals surface area contributed by atoms with Gasteiger partial charge in [0.15, 0.2) is 3.92 Å². The SMILES string of the molecule is O=C(Nc1ccccc1)c1cnc(Br)s1. The number of hydrogen-bond acceptors (Lipinski definition) is 3. The number of rotatable bonds is 2. The highest BCUT2D eigenvalue weighted by Gasteiger charge is 2.09. The minimum Gasteiger partial charge on any atom is -0.321 e. The molecule has 0 aliphatic rings. The number of carbonyl (C=O) groups is 1. The summed E-state index contributed by atoms with van der Waals surface area (Å²) in [6.07, 6.45) is 1.55. The molecule has 3 nitrogen and oxygen atoms in total. The Morgan fingerprint density at radius 3 is 2.67 bits per heavy atom. The molecular weight excluding hydrogens is 276 g/mol. The summed E-state index contributed by atoms with van der Waals surface area (Å²) in [5, 5.41) is 2.78. The molecule has 0 aliphatic heterocycles. The van der Waals surface area contributed by atoms with Crippen LogP contribution in [0.1, 0.15) is 9.67 Å². The predicted molar refractivity (Wildman–Crippen MR) is 64.2 cm³/mol. The van der Waals surface area contributed by atoms with E-state index in [1.165, 1.54) is 11.3 Å². The van der Waals surface area contributed by atoms with Crippen LogP contribution in [0.2, 0.25) is 0 Å². The van der Waals surface area contributed by atoms with Crippen molar-refractivity contribution < 1.29 is 4.79 Å². The normalized spacial score (nSPS) is 9.93. The molecule has 1 aromatic heterocycles. The van der Waals surface area contributed by atoms with Crippen LogP contribution < -0.4 is 5.32 Å². The van der Waals surface area contributed by atoms with E-state index < -0.39 is 0 Å². The molecule has 1 aromatic carbocycles. The summed E-state index contributed by atoms with van der Waals surface area (Å²) < 4.78 is 0.709. The lowest BCUT2D eigenvalue weighted by molar-refractivity contribution is 0.103. The van der Waals surface area contributed by atoms with Crippen LogP contribution in [0.4, 0.5) is 5.69 Å². The highest BCUT2D eigenvalue weighted by molar-refractivity contribution is 9.11. The highest BCUT2D eigenvalue weighted by atomic mass is 79.9. The third-order valence-corrected chi connectivity index (χ3v) is 3.21. The first-order valence-electron chi connectivity index (χ1n) is 4.23. The van der Waals surface area contributed by atoms with Crippen molar-refractivity contribution in [1.29, 1.82) is 0 Å². The molecule has 0 atom stereocenters. The Hall–Kier alpha value is -1.20. The quantitative estimate of drug-likeness (QED) is 0.919. The van der Waals surface area contributed by atoms with Gasteiger partial charge in [0.1, 0.15) is 4.88 Å². The smallest absolute Gasteiger partial charge is 0.267 e. The van der Waals surface area contributed by atoms with E-state index in [0.29, 0.717) is 8.79 Å².